The van der Waals surface area contributed by atoms with Crippen molar-refractivity contribution < 1.29 is 13.3 Å². The fourth-order valence-corrected chi connectivity index (χ4v) is 21.7. The number of thiophene rings is 1. The predicted molar refractivity (Wildman–Crippen MR) is 612 cm³/mol. The minimum Gasteiger partial charge on any atom is -0.456 e. The summed E-state index contributed by atoms with van der Waals surface area (Å²) in [5.41, 5.74) is 38.9. The Morgan fingerprint density at radius 3 is 0.883 bits per heavy atom. The average Bonchev–Trinajstić information content (AvgIpc) is 1.17. The fraction of sp³-hybridized carbons (Fsp3) is 0. The standard InChI is InChI=1S/C48H31NO2.C48H33NO.C42H29NS/c1-2-10-34(11-3-1)39-12-4-7-15-44(39)49(37-24-18-32(19-25-37)35-22-28-47-42(30-35)40-13-5-8-16-45(40)50-47)38-26-20-33(21-27-38)36-23-29-48-43(31-36)41-14-6-9-17-46(41)51-48;1-4-13-34(14-5-1)35-23-26-40(27-24-35)49(42-28-30-43(36-15-6-2-7-16-36)46(33-42)37-17-8-3-9-18-37)41-20-12-19-38(31-41)39-25-29-45-44-21-10-11-22-47(44)50-48(45)32-39;1-3-13-30(14-4-1)32-17-11-19-35(27-32)43(40-23-9-7-21-37(40)31-15-5-2-6-16-31)36-20-12-18-33(28-36)34-25-26-39-38-22-8-10-24-41(38)44-42(39)29-34/h1-31H;1-33H;1-29H. The van der Waals surface area contributed by atoms with Gasteiger partial charge in [-0.25, -0.2) is 0 Å². The molecule has 0 unspecified atom stereocenters. The Hall–Kier alpha value is -18.9. The van der Waals surface area contributed by atoms with Gasteiger partial charge in [0.25, 0.3) is 0 Å². The number of fused-ring (bicyclic) bond motifs is 12. The zero-order valence-corrected chi connectivity index (χ0v) is 80.0. The molecule has 27 aromatic rings. The van der Waals surface area contributed by atoms with Crippen LogP contribution in [0.1, 0.15) is 0 Å². The first-order chi connectivity index (χ1) is 71.9. The van der Waals surface area contributed by atoms with Crippen LogP contribution in [0.2, 0.25) is 0 Å². The van der Waals surface area contributed by atoms with Gasteiger partial charge >= 0.3 is 0 Å². The number of anilines is 9. The summed E-state index contributed by atoms with van der Waals surface area (Å²) in [5, 5.41) is 9.45. The van der Waals surface area contributed by atoms with E-state index in [1.54, 1.807) is 0 Å². The maximum absolute atomic E-state index is 6.27. The van der Waals surface area contributed by atoms with E-state index in [9.17, 15) is 0 Å². The van der Waals surface area contributed by atoms with Crippen LogP contribution in [-0.2, 0) is 0 Å². The highest BCUT2D eigenvalue weighted by atomic mass is 32.1. The Morgan fingerprint density at radius 2 is 0.400 bits per heavy atom. The first-order valence-electron chi connectivity index (χ1n) is 49.2. The zero-order valence-electron chi connectivity index (χ0n) is 79.2. The van der Waals surface area contributed by atoms with Crippen molar-refractivity contribution in [2.45, 2.75) is 0 Å². The van der Waals surface area contributed by atoms with Gasteiger partial charge in [0, 0.05) is 103 Å². The molecule has 0 radical (unpaired) electrons. The molecular formula is C138H93N3O3S. The Labute approximate surface area is 845 Å². The maximum atomic E-state index is 6.27. The number of furan rings is 3. The van der Waals surface area contributed by atoms with E-state index in [1.165, 1.54) is 98.1 Å². The van der Waals surface area contributed by atoms with Gasteiger partial charge in [-0.05, 0) is 264 Å². The van der Waals surface area contributed by atoms with Gasteiger partial charge in [0.05, 0.1) is 11.4 Å². The SMILES string of the molecule is c1ccc(-c2ccc(N(c3cccc(-c4ccc5c(c4)oc4ccccc45)c3)c3ccc(-c4ccccc4)c(-c4ccccc4)c3)cc2)cc1.c1ccc(-c2cccc(N(c3cccc(-c4ccc5c(c4)sc4ccccc45)c3)c3ccccc3-c3ccccc3)c2)cc1.c1ccc(-c2ccccc2N(c2ccc(-c3ccc4oc5ccccc5c4c3)cc2)c2ccc(-c3ccc4oc5ccccc5c4c3)cc2)cc1. The highest BCUT2D eigenvalue weighted by Crippen LogP contribution is 2.50. The quantitative estimate of drug-likeness (QED) is 0.0804. The summed E-state index contributed by atoms with van der Waals surface area (Å²) in [6.07, 6.45) is 0. The average molecular weight is 1870 g/mol. The van der Waals surface area contributed by atoms with Gasteiger partial charge in [0.15, 0.2) is 0 Å². The highest BCUT2D eigenvalue weighted by molar-refractivity contribution is 7.25. The van der Waals surface area contributed by atoms with Crippen LogP contribution >= 0.6 is 11.3 Å². The monoisotopic (exact) mass is 1870 g/mol. The second kappa shape index (κ2) is 39.0. The molecule has 0 atom stereocenters. The Balaban J connectivity index is 0.000000114. The van der Waals surface area contributed by atoms with Crippen molar-refractivity contribution in [2.24, 2.45) is 0 Å². The van der Waals surface area contributed by atoms with E-state index in [4.69, 9.17) is 13.3 Å². The molecule has 0 saturated heterocycles. The van der Waals surface area contributed by atoms with E-state index < -0.39 is 0 Å². The lowest BCUT2D eigenvalue weighted by Crippen LogP contribution is -2.11. The molecule has 27 rings (SSSR count). The molecule has 0 saturated carbocycles. The van der Waals surface area contributed by atoms with E-state index in [0.29, 0.717) is 0 Å². The molecule has 7 heteroatoms. The van der Waals surface area contributed by atoms with Gasteiger partial charge < -0.3 is 28.0 Å². The van der Waals surface area contributed by atoms with Crippen molar-refractivity contribution in [3.63, 3.8) is 0 Å². The summed E-state index contributed by atoms with van der Waals surface area (Å²) in [6.45, 7) is 0. The van der Waals surface area contributed by atoms with Crippen LogP contribution in [0, 0.1) is 0 Å². The number of rotatable bonds is 19. The Bertz CT molecular complexity index is 9210. The summed E-state index contributed by atoms with van der Waals surface area (Å²) in [7, 11) is 0. The lowest BCUT2D eigenvalue weighted by atomic mass is 9.93. The summed E-state index contributed by atoms with van der Waals surface area (Å²) in [4.78, 5) is 7.12. The number of para-hydroxylation sites is 5. The van der Waals surface area contributed by atoms with Crippen molar-refractivity contribution in [2.75, 3.05) is 14.7 Å². The minimum absolute atomic E-state index is 0.895. The highest BCUT2D eigenvalue weighted by Gasteiger charge is 2.25. The fourth-order valence-electron chi connectivity index (χ4n) is 20.5. The van der Waals surface area contributed by atoms with E-state index in [1.807, 2.05) is 47.7 Å². The van der Waals surface area contributed by atoms with Crippen LogP contribution < -0.4 is 14.7 Å². The van der Waals surface area contributed by atoms with Crippen LogP contribution in [0.3, 0.4) is 0 Å². The second-order valence-corrected chi connectivity index (χ2v) is 37.6. The molecule has 4 heterocycles. The van der Waals surface area contributed by atoms with Crippen molar-refractivity contribution in [1.82, 2.24) is 0 Å². The number of hydrogen-bond donors (Lipinski definition) is 0. The second-order valence-electron chi connectivity index (χ2n) is 36.5. The zero-order chi connectivity index (χ0) is 96.3. The van der Waals surface area contributed by atoms with Crippen LogP contribution in [0.25, 0.3) is 197 Å². The first kappa shape index (κ1) is 87.6. The molecule has 0 spiro atoms. The summed E-state index contributed by atoms with van der Waals surface area (Å²) in [6, 6.07) is 201. The minimum atomic E-state index is 0.895. The van der Waals surface area contributed by atoms with Crippen LogP contribution in [0.5, 0.6) is 0 Å². The molecule has 6 nitrogen and oxygen atoms in total. The lowest BCUT2D eigenvalue weighted by Gasteiger charge is -2.28. The summed E-state index contributed by atoms with van der Waals surface area (Å²) in [5.74, 6) is 0. The van der Waals surface area contributed by atoms with Crippen molar-refractivity contribution in [1.29, 1.82) is 0 Å². The molecule has 0 N–H and O–H groups in total. The number of nitrogens with zero attached hydrogens (tertiary/aromatic N) is 3. The molecule has 0 fully saturated rings. The van der Waals surface area contributed by atoms with E-state index in [-0.39, 0.29) is 0 Å². The Kier molecular flexibility index (Phi) is 23.6. The maximum Gasteiger partial charge on any atom is 0.136 e. The number of benzene rings is 23. The molecule has 23 aromatic carbocycles. The van der Waals surface area contributed by atoms with Gasteiger partial charge in [-0.3, -0.25) is 0 Å². The number of hydrogen-bond acceptors (Lipinski definition) is 7. The third kappa shape index (κ3) is 17.6. The molecule has 0 aliphatic heterocycles. The third-order valence-corrected chi connectivity index (χ3v) is 28.8. The normalized spacial score (nSPS) is 11.3. The lowest BCUT2D eigenvalue weighted by molar-refractivity contribution is 0.668. The topological polar surface area (TPSA) is 49.1 Å². The molecule has 684 valence electrons. The van der Waals surface area contributed by atoms with Crippen molar-refractivity contribution in [3.05, 3.63) is 564 Å². The summed E-state index contributed by atoms with van der Waals surface area (Å²) < 4.78 is 21.1. The van der Waals surface area contributed by atoms with Crippen molar-refractivity contribution in [3.8, 4) is 111 Å². The Morgan fingerprint density at radius 1 is 0.124 bits per heavy atom. The molecule has 4 aromatic heterocycles. The van der Waals surface area contributed by atoms with Gasteiger partial charge in [0.2, 0.25) is 0 Å². The first-order valence-corrected chi connectivity index (χ1v) is 50.0. The molecule has 0 aliphatic rings. The van der Waals surface area contributed by atoms with E-state index >= 15 is 0 Å². The van der Waals surface area contributed by atoms with Crippen LogP contribution in [0.15, 0.2) is 577 Å². The van der Waals surface area contributed by atoms with Gasteiger partial charge in [0.1, 0.15) is 33.5 Å². The predicted octanol–water partition coefficient (Wildman–Crippen LogP) is 40.2. The van der Waals surface area contributed by atoms with E-state index in [2.05, 4.69) is 542 Å². The van der Waals surface area contributed by atoms with Crippen molar-refractivity contribution >= 4 is 149 Å². The summed E-state index contributed by atoms with van der Waals surface area (Å²) >= 11 is 1.86. The molecule has 0 bridgehead atoms. The van der Waals surface area contributed by atoms with Crippen LogP contribution in [-0.4, -0.2) is 0 Å². The van der Waals surface area contributed by atoms with Gasteiger partial charge in [-0.15, -0.1) is 11.3 Å². The molecular weight excluding hydrogens is 1780 g/mol. The smallest absolute Gasteiger partial charge is 0.136 e. The van der Waals surface area contributed by atoms with Gasteiger partial charge in [-0.2, -0.15) is 0 Å². The molecule has 0 amide bonds. The van der Waals surface area contributed by atoms with E-state index in [0.717, 1.165) is 150 Å². The molecule has 145 heavy (non-hydrogen) atoms. The van der Waals surface area contributed by atoms with Gasteiger partial charge in [-0.1, -0.05) is 400 Å². The third-order valence-electron chi connectivity index (χ3n) is 27.6. The van der Waals surface area contributed by atoms with Crippen LogP contribution in [0.4, 0.5) is 51.2 Å². The molecule has 0 aliphatic carbocycles. The largest absolute Gasteiger partial charge is 0.456 e.